The SMILES string of the molecule is CC1(C)C2CCC1(CC(O)(O)O)C(=O)/C2=C\c1ccc(/C=C2\C(=O)C3(CS(=O)(=O)O)CCC2C3(C)C)cc1. The predicted octanol–water partition coefficient (Wildman–Crippen LogP) is 3.37. The van der Waals surface area contributed by atoms with Crippen molar-refractivity contribution >= 4 is 33.8 Å². The highest BCUT2D eigenvalue weighted by molar-refractivity contribution is 7.85. The van der Waals surface area contributed by atoms with Gasteiger partial charge in [-0.1, -0.05) is 52.0 Å². The first-order chi connectivity index (χ1) is 17.3. The van der Waals surface area contributed by atoms with Gasteiger partial charge in [-0.15, -0.1) is 0 Å². The van der Waals surface area contributed by atoms with E-state index in [1.165, 1.54) is 0 Å². The number of fused-ring (bicyclic) bond motifs is 4. The molecule has 0 spiro atoms. The van der Waals surface area contributed by atoms with E-state index in [9.17, 15) is 37.9 Å². The highest BCUT2D eigenvalue weighted by Gasteiger charge is 2.69. The number of rotatable bonds is 6. The minimum atomic E-state index is -4.32. The Bertz CT molecular complexity index is 1380. The molecule has 206 valence electrons. The zero-order chi connectivity index (χ0) is 28.1. The van der Waals surface area contributed by atoms with Crippen LogP contribution in [0.1, 0.15) is 70.9 Å². The van der Waals surface area contributed by atoms with Crippen molar-refractivity contribution in [2.24, 2.45) is 33.5 Å². The molecule has 4 fully saturated rings. The van der Waals surface area contributed by atoms with Crippen molar-refractivity contribution in [3.63, 3.8) is 0 Å². The number of carbonyl (C=O) groups is 2. The Morgan fingerprint density at radius 1 is 0.816 bits per heavy atom. The molecule has 1 aromatic carbocycles. The van der Waals surface area contributed by atoms with Crippen molar-refractivity contribution in [1.29, 1.82) is 0 Å². The van der Waals surface area contributed by atoms with E-state index in [0.29, 0.717) is 30.4 Å². The van der Waals surface area contributed by atoms with E-state index in [1.807, 2.05) is 58.0 Å². The molecule has 0 aromatic heterocycles. The van der Waals surface area contributed by atoms with Crippen LogP contribution in [0.5, 0.6) is 0 Å². The van der Waals surface area contributed by atoms with Gasteiger partial charge in [-0.25, -0.2) is 0 Å². The van der Waals surface area contributed by atoms with Gasteiger partial charge in [-0.2, -0.15) is 8.42 Å². The number of hydrogen-bond donors (Lipinski definition) is 4. The summed E-state index contributed by atoms with van der Waals surface area (Å²) in [6.07, 6.45) is 5.52. The third-order valence-electron chi connectivity index (χ3n) is 10.6. The third kappa shape index (κ3) is 3.81. The monoisotopic (exact) mass is 544 g/mol. The van der Waals surface area contributed by atoms with E-state index in [1.54, 1.807) is 6.08 Å². The van der Waals surface area contributed by atoms with Gasteiger partial charge >= 0.3 is 0 Å². The van der Waals surface area contributed by atoms with Gasteiger partial charge in [-0.3, -0.25) is 14.1 Å². The molecule has 0 saturated heterocycles. The lowest BCUT2D eigenvalue weighted by atomic mass is 9.66. The molecule has 9 heteroatoms. The maximum atomic E-state index is 13.5. The topological polar surface area (TPSA) is 149 Å². The van der Waals surface area contributed by atoms with Gasteiger partial charge in [0.1, 0.15) is 0 Å². The Balaban J connectivity index is 1.43. The number of carbonyl (C=O) groups excluding carboxylic acids is 2. The minimum Gasteiger partial charge on any atom is -0.344 e. The molecule has 4 aliphatic carbocycles. The molecule has 4 bridgehead atoms. The Labute approximate surface area is 223 Å². The maximum absolute atomic E-state index is 13.5. The Morgan fingerprint density at radius 2 is 1.21 bits per heavy atom. The lowest BCUT2D eigenvalue weighted by Crippen LogP contribution is -2.44. The zero-order valence-corrected chi connectivity index (χ0v) is 23.0. The van der Waals surface area contributed by atoms with E-state index in [-0.39, 0.29) is 23.4 Å². The number of Topliss-reactive ketones (excluding diaryl/α,β-unsaturated/α-hetero) is 2. The van der Waals surface area contributed by atoms with Crippen molar-refractivity contribution < 1.29 is 37.9 Å². The molecule has 5 rings (SSSR count). The second kappa shape index (κ2) is 8.17. The van der Waals surface area contributed by atoms with Crippen LogP contribution in [-0.4, -0.2) is 51.6 Å². The van der Waals surface area contributed by atoms with E-state index in [4.69, 9.17) is 0 Å². The molecule has 4 unspecified atom stereocenters. The highest BCUT2D eigenvalue weighted by atomic mass is 32.2. The summed E-state index contributed by atoms with van der Waals surface area (Å²) < 4.78 is 33.1. The average molecular weight is 545 g/mol. The molecule has 0 aliphatic heterocycles. The van der Waals surface area contributed by atoms with Gasteiger partial charge in [0.2, 0.25) is 0 Å². The number of ketones is 2. The summed E-state index contributed by atoms with van der Waals surface area (Å²) in [5.41, 5.74) is -0.511. The molecule has 4 N–H and O–H groups in total. The molecule has 1 aromatic rings. The van der Waals surface area contributed by atoms with Crippen LogP contribution in [0.3, 0.4) is 0 Å². The van der Waals surface area contributed by atoms with Crippen molar-refractivity contribution in [1.82, 2.24) is 0 Å². The summed E-state index contributed by atoms with van der Waals surface area (Å²) in [6.45, 7) is 7.68. The van der Waals surface area contributed by atoms with Gasteiger partial charge in [-0.05, 0) is 77.2 Å². The fraction of sp³-hybridized carbons (Fsp3) is 0.586. The Hall–Kier alpha value is -2.17. The standard InChI is InChI=1S/C29H36O8S/c1-25(2)21-9-11-27(25,15-29(32,33)34)23(30)19(21)13-17-5-7-18(8-6-17)14-20-22-10-12-28(24(20)31,26(22,3)4)16-38(35,36)37/h5-8,13-14,21-22,32-34H,9-12,15-16H2,1-4H3,(H,35,36,37)/b19-13-,20-14-. The van der Waals surface area contributed by atoms with Crippen molar-refractivity contribution in [3.8, 4) is 0 Å². The molecule has 4 atom stereocenters. The van der Waals surface area contributed by atoms with E-state index >= 15 is 0 Å². The molecule has 38 heavy (non-hydrogen) atoms. The van der Waals surface area contributed by atoms with Crippen LogP contribution in [0.15, 0.2) is 35.4 Å². The first-order valence-electron chi connectivity index (χ1n) is 13.1. The summed E-state index contributed by atoms with van der Waals surface area (Å²) in [5.74, 6) is -4.02. The quantitative estimate of drug-likeness (QED) is 0.242. The number of allylic oxidation sites excluding steroid dienone is 2. The van der Waals surface area contributed by atoms with Crippen LogP contribution in [0.25, 0.3) is 12.2 Å². The number of aliphatic hydroxyl groups is 3. The fourth-order valence-corrected chi connectivity index (χ4v) is 9.67. The first kappa shape index (κ1) is 27.4. The largest absolute Gasteiger partial charge is 0.344 e. The Morgan fingerprint density at radius 3 is 1.63 bits per heavy atom. The number of benzene rings is 1. The summed E-state index contributed by atoms with van der Waals surface area (Å²) in [6, 6.07) is 7.40. The lowest BCUT2D eigenvalue weighted by molar-refractivity contribution is -0.327. The molecule has 0 amide bonds. The van der Waals surface area contributed by atoms with Crippen LogP contribution in [-0.2, 0) is 19.7 Å². The smallest absolute Gasteiger partial charge is 0.276 e. The molecule has 8 nitrogen and oxygen atoms in total. The first-order valence-corrected chi connectivity index (χ1v) is 14.7. The van der Waals surface area contributed by atoms with Gasteiger partial charge in [0, 0.05) is 17.4 Å². The molecule has 0 radical (unpaired) electrons. The van der Waals surface area contributed by atoms with Gasteiger partial charge < -0.3 is 15.3 Å². The second-order valence-corrected chi connectivity index (χ2v) is 14.4. The van der Waals surface area contributed by atoms with Crippen LogP contribution in [0.4, 0.5) is 0 Å². The summed E-state index contributed by atoms with van der Waals surface area (Å²) in [7, 11) is -4.32. The zero-order valence-electron chi connectivity index (χ0n) is 22.2. The normalized spacial score (nSPS) is 35.7. The third-order valence-corrected chi connectivity index (χ3v) is 11.5. The summed E-state index contributed by atoms with van der Waals surface area (Å²) >= 11 is 0. The molecule has 4 aliphatic rings. The molecule has 4 saturated carbocycles. The van der Waals surface area contributed by atoms with Crippen LogP contribution in [0, 0.1) is 33.5 Å². The summed E-state index contributed by atoms with van der Waals surface area (Å²) in [5, 5.41) is 29.1. The minimum absolute atomic E-state index is 0.0629. The number of hydrogen-bond acceptors (Lipinski definition) is 7. The summed E-state index contributed by atoms with van der Waals surface area (Å²) in [4.78, 5) is 26.9. The van der Waals surface area contributed by atoms with Gasteiger partial charge in [0.05, 0.1) is 11.2 Å². The van der Waals surface area contributed by atoms with Crippen molar-refractivity contribution in [2.45, 2.75) is 65.8 Å². The lowest BCUT2D eigenvalue weighted by Gasteiger charge is -2.38. The average Bonchev–Trinajstić information content (AvgIpc) is 3.27. The maximum Gasteiger partial charge on any atom is 0.276 e. The highest BCUT2D eigenvalue weighted by Crippen LogP contribution is 2.68. The molecule has 0 heterocycles. The fourth-order valence-electron chi connectivity index (χ4n) is 8.40. The second-order valence-electron chi connectivity index (χ2n) is 13.0. The van der Waals surface area contributed by atoms with E-state index in [2.05, 4.69) is 0 Å². The van der Waals surface area contributed by atoms with E-state index in [0.717, 1.165) is 17.5 Å². The van der Waals surface area contributed by atoms with Crippen molar-refractivity contribution in [3.05, 3.63) is 46.5 Å². The van der Waals surface area contributed by atoms with Gasteiger partial charge in [0.15, 0.2) is 11.6 Å². The Kier molecular flexibility index (Phi) is 5.89. The predicted molar refractivity (Wildman–Crippen MR) is 141 cm³/mol. The van der Waals surface area contributed by atoms with Crippen LogP contribution >= 0.6 is 0 Å². The van der Waals surface area contributed by atoms with Crippen molar-refractivity contribution in [2.75, 3.05) is 5.75 Å². The molecular weight excluding hydrogens is 508 g/mol. The van der Waals surface area contributed by atoms with Gasteiger partial charge in [0.25, 0.3) is 16.1 Å². The molecular formula is C29H36O8S. The van der Waals surface area contributed by atoms with Crippen LogP contribution in [0.2, 0.25) is 0 Å². The van der Waals surface area contributed by atoms with E-state index < -0.39 is 49.9 Å². The van der Waals surface area contributed by atoms with Crippen LogP contribution < -0.4 is 0 Å².